The highest BCUT2D eigenvalue weighted by atomic mass is 32.2. The van der Waals surface area contributed by atoms with E-state index in [9.17, 15) is 17.6 Å². The Morgan fingerprint density at radius 3 is 2.21 bits per heavy atom. The lowest BCUT2D eigenvalue weighted by atomic mass is 10.2. The van der Waals surface area contributed by atoms with Crippen molar-refractivity contribution in [3.8, 4) is 0 Å². The topological polar surface area (TPSA) is 26.0 Å². The highest BCUT2D eigenvalue weighted by Crippen LogP contribution is 2.40. The van der Waals surface area contributed by atoms with Gasteiger partial charge in [0, 0.05) is 10.6 Å². The van der Waals surface area contributed by atoms with Crippen molar-refractivity contribution in [3.63, 3.8) is 0 Å². The largest absolute Gasteiger partial charge is 0.420 e. The third-order valence-electron chi connectivity index (χ3n) is 1.62. The Kier molecular flexibility index (Phi) is 2.94. The Hall–Kier alpha value is -0.910. The minimum Gasteiger partial charge on any atom is -0.398 e. The molecular formula is C8H7F4NS. The molecule has 1 nitrogen and oxygen atoms in total. The summed E-state index contributed by atoms with van der Waals surface area (Å²) in [6, 6.07) is 1.84. The summed E-state index contributed by atoms with van der Waals surface area (Å²) in [5, 5.41) is 0. The number of benzene rings is 1. The van der Waals surface area contributed by atoms with E-state index in [0.29, 0.717) is 0 Å². The van der Waals surface area contributed by atoms with E-state index in [1.54, 1.807) is 0 Å². The molecule has 1 rings (SSSR count). The maximum Gasteiger partial charge on any atom is 0.420 e. The molecule has 0 heterocycles. The number of hydrogen-bond acceptors (Lipinski definition) is 2. The van der Waals surface area contributed by atoms with Crippen molar-refractivity contribution in [3.05, 3.63) is 23.5 Å². The molecule has 0 unspecified atom stereocenters. The van der Waals surface area contributed by atoms with Gasteiger partial charge in [-0.2, -0.15) is 13.2 Å². The second kappa shape index (κ2) is 3.68. The standard InChI is InChI=1S/C8H7F4NS/c1-14-7-5(13)3-2-4(9)6(7)8(10,11)12/h2-3H,13H2,1H3. The third kappa shape index (κ3) is 1.95. The summed E-state index contributed by atoms with van der Waals surface area (Å²) >= 11 is 0.778. The molecule has 0 saturated carbocycles. The minimum absolute atomic E-state index is 0.0637. The van der Waals surface area contributed by atoms with Gasteiger partial charge >= 0.3 is 6.18 Å². The summed E-state index contributed by atoms with van der Waals surface area (Å²) in [6.45, 7) is 0. The molecule has 0 aliphatic rings. The molecule has 0 aromatic heterocycles. The molecule has 0 saturated heterocycles. The molecule has 78 valence electrons. The molecule has 0 aliphatic carbocycles. The predicted molar refractivity (Wildman–Crippen MR) is 47.6 cm³/mol. The average molecular weight is 225 g/mol. The lowest BCUT2D eigenvalue weighted by Crippen LogP contribution is -2.11. The van der Waals surface area contributed by atoms with Crippen LogP contribution in [0.3, 0.4) is 0 Å². The zero-order valence-electron chi connectivity index (χ0n) is 7.15. The van der Waals surface area contributed by atoms with Crippen LogP contribution in [0.4, 0.5) is 23.2 Å². The molecule has 1 aromatic rings. The Labute approximate surface area is 82.3 Å². The molecule has 0 fully saturated rings. The van der Waals surface area contributed by atoms with Crippen molar-refractivity contribution in [2.24, 2.45) is 0 Å². The van der Waals surface area contributed by atoms with Gasteiger partial charge < -0.3 is 5.73 Å². The van der Waals surface area contributed by atoms with Gasteiger partial charge in [0.25, 0.3) is 0 Å². The number of hydrogen-bond donors (Lipinski definition) is 1. The van der Waals surface area contributed by atoms with Crippen molar-refractivity contribution >= 4 is 17.4 Å². The lowest BCUT2D eigenvalue weighted by molar-refractivity contribution is -0.142. The molecule has 0 atom stereocenters. The van der Waals surface area contributed by atoms with Crippen LogP contribution in [0.5, 0.6) is 0 Å². The maximum atomic E-state index is 12.9. The van der Waals surface area contributed by atoms with Crippen LogP contribution in [0.1, 0.15) is 5.56 Å². The van der Waals surface area contributed by atoms with Gasteiger partial charge in [-0.25, -0.2) is 4.39 Å². The first kappa shape index (κ1) is 11.2. The van der Waals surface area contributed by atoms with E-state index in [1.807, 2.05) is 0 Å². The third-order valence-corrected chi connectivity index (χ3v) is 2.47. The Bertz CT molecular complexity index is 348. The van der Waals surface area contributed by atoms with Crippen LogP contribution in [0.25, 0.3) is 0 Å². The van der Waals surface area contributed by atoms with Crippen LogP contribution in [-0.4, -0.2) is 6.26 Å². The van der Waals surface area contributed by atoms with Crippen molar-refractivity contribution in [1.29, 1.82) is 0 Å². The Morgan fingerprint density at radius 2 is 1.86 bits per heavy atom. The number of rotatable bonds is 1. The van der Waals surface area contributed by atoms with Crippen LogP contribution in [0, 0.1) is 5.82 Å². The number of alkyl halides is 3. The number of nitrogens with two attached hydrogens (primary N) is 1. The van der Waals surface area contributed by atoms with E-state index in [-0.39, 0.29) is 10.6 Å². The van der Waals surface area contributed by atoms with E-state index < -0.39 is 17.6 Å². The quantitative estimate of drug-likeness (QED) is 0.451. The fourth-order valence-corrected chi connectivity index (χ4v) is 1.78. The van der Waals surface area contributed by atoms with Crippen LogP contribution >= 0.6 is 11.8 Å². The van der Waals surface area contributed by atoms with Crippen LogP contribution < -0.4 is 5.73 Å². The maximum absolute atomic E-state index is 12.9. The zero-order chi connectivity index (χ0) is 10.9. The van der Waals surface area contributed by atoms with Gasteiger partial charge in [0.05, 0.1) is 0 Å². The summed E-state index contributed by atoms with van der Waals surface area (Å²) in [6.07, 6.45) is -3.29. The van der Waals surface area contributed by atoms with Crippen LogP contribution in [0.15, 0.2) is 17.0 Å². The molecule has 0 aliphatic heterocycles. The molecule has 14 heavy (non-hydrogen) atoms. The first-order valence-corrected chi connectivity index (χ1v) is 4.79. The summed E-state index contributed by atoms with van der Waals surface area (Å²) < 4.78 is 50.0. The SMILES string of the molecule is CSc1c(N)ccc(F)c1C(F)(F)F. The molecule has 1 aromatic carbocycles. The molecule has 0 radical (unpaired) electrons. The average Bonchev–Trinajstić information content (AvgIpc) is 2.06. The van der Waals surface area contributed by atoms with E-state index in [1.165, 1.54) is 6.26 Å². The fourth-order valence-electron chi connectivity index (χ4n) is 1.06. The number of thioether (sulfide) groups is 1. The van der Waals surface area contributed by atoms with Gasteiger partial charge in [-0.1, -0.05) is 0 Å². The molecule has 6 heteroatoms. The summed E-state index contributed by atoms with van der Waals surface area (Å²) in [5.41, 5.74) is 3.96. The molecular weight excluding hydrogens is 218 g/mol. The molecule has 0 bridgehead atoms. The molecule has 0 spiro atoms. The minimum atomic E-state index is -4.71. The van der Waals surface area contributed by atoms with Crippen molar-refractivity contribution < 1.29 is 17.6 Å². The van der Waals surface area contributed by atoms with Crippen molar-refractivity contribution in [2.45, 2.75) is 11.1 Å². The van der Waals surface area contributed by atoms with E-state index in [2.05, 4.69) is 0 Å². The van der Waals surface area contributed by atoms with Gasteiger partial charge in [-0.3, -0.25) is 0 Å². The normalized spacial score (nSPS) is 11.8. The zero-order valence-corrected chi connectivity index (χ0v) is 7.97. The summed E-state index contributed by atoms with van der Waals surface area (Å²) in [7, 11) is 0. The van der Waals surface area contributed by atoms with Gasteiger partial charge in [0.15, 0.2) is 0 Å². The van der Waals surface area contributed by atoms with Crippen LogP contribution in [0.2, 0.25) is 0 Å². The second-order valence-electron chi connectivity index (χ2n) is 2.54. The summed E-state index contributed by atoms with van der Waals surface area (Å²) in [5.74, 6) is -1.30. The first-order valence-electron chi connectivity index (χ1n) is 3.57. The fraction of sp³-hybridized carbons (Fsp3) is 0.250. The monoisotopic (exact) mass is 225 g/mol. The first-order chi connectivity index (χ1) is 6.38. The van der Waals surface area contributed by atoms with Gasteiger partial charge in [0.2, 0.25) is 0 Å². The number of nitrogen functional groups attached to an aromatic ring is 1. The van der Waals surface area contributed by atoms with E-state index >= 15 is 0 Å². The van der Waals surface area contributed by atoms with Gasteiger partial charge in [-0.05, 0) is 18.4 Å². The van der Waals surface area contributed by atoms with Gasteiger partial charge in [0.1, 0.15) is 11.4 Å². The van der Waals surface area contributed by atoms with Gasteiger partial charge in [-0.15, -0.1) is 11.8 Å². The van der Waals surface area contributed by atoms with E-state index in [0.717, 1.165) is 23.9 Å². The Balaban J connectivity index is 3.46. The molecule has 2 N–H and O–H groups in total. The highest BCUT2D eigenvalue weighted by Gasteiger charge is 2.37. The number of anilines is 1. The van der Waals surface area contributed by atoms with E-state index in [4.69, 9.17) is 5.73 Å². The van der Waals surface area contributed by atoms with Crippen molar-refractivity contribution in [1.82, 2.24) is 0 Å². The highest BCUT2D eigenvalue weighted by molar-refractivity contribution is 7.98. The number of halogens is 4. The van der Waals surface area contributed by atoms with Crippen LogP contribution in [-0.2, 0) is 6.18 Å². The summed E-state index contributed by atoms with van der Waals surface area (Å²) in [4.78, 5) is -0.266. The Morgan fingerprint density at radius 1 is 1.29 bits per heavy atom. The molecule has 0 amide bonds. The predicted octanol–water partition coefficient (Wildman–Crippen LogP) is 3.15. The van der Waals surface area contributed by atoms with Crippen molar-refractivity contribution in [2.75, 3.05) is 12.0 Å². The smallest absolute Gasteiger partial charge is 0.398 e. The lowest BCUT2D eigenvalue weighted by Gasteiger charge is -2.13. The second-order valence-corrected chi connectivity index (χ2v) is 3.36.